The van der Waals surface area contributed by atoms with Crippen molar-refractivity contribution in [1.82, 2.24) is 9.55 Å². The summed E-state index contributed by atoms with van der Waals surface area (Å²) in [5.41, 5.74) is 0.960. The number of imidazole rings is 1. The first-order valence-corrected chi connectivity index (χ1v) is 6.23. The highest BCUT2D eigenvalue weighted by Gasteiger charge is 2.05. The van der Waals surface area contributed by atoms with Crippen LogP contribution < -0.4 is 5.32 Å². The van der Waals surface area contributed by atoms with Crippen molar-refractivity contribution in [3.63, 3.8) is 0 Å². The predicted octanol–water partition coefficient (Wildman–Crippen LogP) is 3.89. The molecule has 0 unspecified atom stereocenters. The molecule has 0 aliphatic rings. The lowest BCUT2D eigenvalue weighted by Crippen LogP contribution is -2.05. The highest BCUT2D eigenvalue weighted by Crippen LogP contribution is 2.26. The predicted molar refractivity (Wildman–Crippen MR) is 75.0 cm³/mol. The molecule has 0 saturated heterocycles. The van der Waals surface area contributed by atoms with Gasteiger partial charge in [-0.2, -0.15) is 0 Å². The minimum Gasteiger partial charge on any atom is -0.352 e. The molecule has 1 aromatic carbocycles. The number of nitrogens with zero attached hydrogens (tertiary/aromatic N) is 2. The molecule has 17 heavy (non-hydrogen) atoms. The summed E-state index contributed by atoms with van der Waals surface area (Å²) >= 11 is 9.44. The fourth-order valence-corrected chi connectivity index (χ4v) is 1.86. The summed E-state index contributed by atoms with van der Waals surface area (Å²) in [7, 11) is 0. The number of nitrogens with one attached hydrogen (secondary N) is 1. The maximum Gasteiger partial charge on any atom is 0.207 e. The van der Waals surface area contributed by atoms with Gasteiger partial charge in [0.2, 0.25) is 5.95 Å². The molecule has 0 atom stereocenters. The van der Waals surface area contributed by atoms with E-state index in [1.54, 1.807) is 12.3 Å². The molecule has 0 aliphatic heterocycles. The first-order valence-electron chi connectivity index (χ1n) is 5.06. The Kier molecular flexibility index (Phi) is 3.86. The first-order chi connectivity index (χ1) is 8.22. The van der Waals surface area contributed by atoms with E-state index >= 15 is 0 Å². The smallest absolute Gasteiger partial charge is 0.207 e. The van der Waals surface area contributed by atoms with Crippen molar-refractivity contribution in [3.05, 3.63) is 52.7 Å². The Balaban J connectivity index is 2.35. The van der Waals surface area contributed by atoms with Crippen LogP contribution in [0.4, 0.5) is 5.95 Å². The molecule has 1 N–H and O–H groups in total. The number of hydrogen-bond donors (Lipinski definition) is 1. The summed E-state index contributed by atoms with van der Waals surface area (Å²) < 4.78 is 2.81. The van der Waals surface area contributed by atoms with Crippen LogP contribution in [0.3, 0.4) is 0 Å². The Morgan fingerprint density at radius 2 is 2.35 bits per heavy atom. The average molecular weight is 313 g/mol. The van der Waals surface area contributed by atoms with Crippen molar-refractivity contribution in [3.8, 4) is 5.69 Å². The number of benzene rings is 1. The maximum atomic E-state index is 6.07. The number of anilines is 1. The third-order valence-electron chi connectivity index (χ3n) is 2.23. The van der Waals surface area contributed by atoms with E-state index in [2.05, 4.69) is 32.8 Å². The van der Waals surface area contributed by atoms with E-state index in [4.69, 9.17) is 11.6 Å². The Morgan fingerprint density at radius 1 is 1.53 bits per heavy atom. The first kappa shape index (κ1) is 12.2. The van der Waals surface area contributed by atoms with Crippen LogP contribution in [-0.2, 0) is 0 Å². The summed E-state index contributed by atoms with van der Waals surface area (Å²) in [6.07, 6.45) is 5.40. The van der Waals surface area contributed by atoms with E-state index in [0.717, 1.165) is 16.1 Å². The third-order valence-corrected chi connectivity index (χ3v) is 3.46. The molecule has 0 radical (unpaired) electrons. The van der Waals surface area contributed by atoms with Gasteiger partial charge in [-0.15, -0.1) is 6.58 Å². The molecule has 5 heteroatoms. The quantitative estimate of drug-likeness (QED) is 0.868. The molecule has 0 spiro atoms. The zero-order valence-electron chi connectivity index (χ0n) is 9.03. The summed E-state index contributed by atoms with van der Waals surface area (Å²) in [6.45, 7) is 4.33. The number of rotatable bonds is 4. The van der Waals surface area contributed by atoms with Gasteiger partial charge in [-0.25, -0.2) is 4.98 Å². The SMILES string of the molecule is C=CCNc1nccn1-c1ccc(Br)c(Cl)c1. The lowest BCUT2D eigenvalue weighted by molar-refractivity contribution is 1.04. The van der Waals surface area contributed by atoms with Crippen LogP contribution >= 0.6 is 27.5 Å². The molecule has 0 bridgehead atoms. The summed E-state index contributed by atoms with van der Waals surface area (Å²) in [6, 6.07) is 5.76. The zero-order chi connectivity index (χ0) is 12.3. The Morgan fingerprint density at radius 3 is 3.06 bits per heavy atom. The lowest BCUT2D eigenvalue weighted by Gasteiger charge is -2.09. The molecular weight excluding hydrogens is 302 g/mol. The van der Waals surface area contributed by atoms with Crippen molar-refractivity contribution < 1.29 is 0 Å². The fraction of sp³-hybridized carbons (Fsp3) is 0.0833. The van der Waals surface area contributed by atoms with Gasteiger partial charge in [0, 0.05) is 23.4 Å². The van der Waals surface area contributed by atoms with Gasteiger partial charge in [-0.05, 0) is 34.1 Å². The highest BCUT2D eigenvalue weighted by molar-refractivity contribution is 9.10. The van der Waals surface area contributed by atoms with Crippen LogP contribution in [0.15, 0.2) is 47.7 Å². The van der Waals surface area contributed by atoms with E-state index in [0.29, 0.717) is 11.6 Å². The van der Waals surface area contributed by atoms with Crippen LogP contribution in [0, 0.1) is 0 Å². The molecule has 1 heterocycles. The third kappa shape index (κ3) is 2.70. The normalized spacial score (nSPS) is 10.2. The molecule has 2 aromatic rings. The number of aromatic nitrogens is 2. The lowest BCUT2D eigenvalue weighted by atomic mass is 10.3. The molecule has 0 saturated carbocycles. The monoisotopic (exact) mass is 311 g/mol. The highest BCUT2D eigenvalue weighted by atomic mass is 79.9. The van der Waals surface area contributed by atoms with Crippen molar-refractivity contribution >= 4 is 33.5 Å². The van der Waals surface area contributed by atoms with E-state index in [1.165, 1.54) is 0 Å². The molecule has 0 aliphatic carbocycles. The summed E-state index contributed by atoms with van der Waals surface area (Å²) in [5.74, 6) is 0.767. The van der Waals surface area contributed by atoms with Crippen molar-refractivity contribution in [2.24, 2.45) is 0 Å². The van der Waals surface area contributed by atoms with Crippen LogP contribution in [0.1, 0.15) is 0 Å². The zero-order valence-corrected chi connectivity index (χ0v) is 11.4. The minimum absolute atomic E-state index is 0.668. The molecule has 1 aromatic heterocycles. The Hall–Kier alpha value is -1.26. The van der Waals surface area contributed by atoms with E-state index in [1.807, 2.05) is 29.0 Å². The van der Waals surface area contributed by atoms with E-state index in [-0.39, 0.29) is 0 Å². The number of halogens is 2. The van der Waals surface area contributed by atoms with Gasteiger partial charge in [0.1, 0.15) is 0 Å². The standard InChI is InChI=1S/C12H11BrClN3/c1-2-5-15-12-16-6-7-17(12)9-3-4-10(13)11(14)8-9/h2-4,6-8H,1,5H2,(H,15,16). The maximum absolute atomic E-state index is 6.07. The molecule has 0 fully saturated rings. The van der Waals surface area contributed by atoms with Gasteiger partial charge in [-0.3, -0.25) is 4.57 Å². The largest absolute Gasteiger partial charge is 0.352 e. The second-order valence-electron chi connectivity index (χ2n) is 3.39. The van der Waals surface area contributed by atoms with Gasteiger partial charge in [0.05, 0.1) is 10.7 Å². The molecule has 3 nitrogen and oxygen atoms in total. The van der Waals surface area contributed by atoms with Gasteiger partial charge in [0.15, 0.2) is 0 Å². The average Bonchev–Trinajstić information content (AvgIpc) is 2.78. The van der Waals surface area contributed by atoms with E-state index in [9.17, 15) is 0 Å². The topological polar surface area (TPSA) is 29.9 Å². The molecule has 2 rings (SSSR count). The van der Waals surface area contributed by atoms with Gasteiger partial charge in [0.25, 0.3) is 0 Å². The van der Waals surface area contributed by atoms with Crippen LogP contribution in [0.25, 0.3) is 5.69 Å². The Labute approximate surface area is 113 Å². The molecular formula is C12H11BrClN3. The van der Waals surface area contributed by atoms with Crippen molar-refractivity contribution in [2.45, 2.75) is 0 Å². The van der Waals surface area contributed by atoms with E-state index < -0.39 is 0 Å². The Bertz CT molecular complexity index is 536. The fourth-order valence-electron chi connectivity index (χ4n) is 1.44. The van der Waals surface area contributed by atoms with Gasteiger partial charge < -0.3 is 5.32 Å². The van der Waals surface area contributed by atoms with Crippen LogP contribution in [0.2, 0.25) is 5.02 Å². The van der Waals surface area contributed by atoms with Crippen LogP contribution in [0.5, 0.6) is 0 Å². The second-order valence-corrected chi connectivity index (χ2v) is 4.65. The number of hydrogen-bond acceptors (Lipinski definition) is 2. The van der Waals surface area contributed by atoms with Gasteiger partial charge in [-0.1, -0.05) is 17.7 Å². The summed E-state index contributed by atoms with van der Waals surface area (Å²) in [5, 5.41) is 3.83. The van der Waals surface area contributed by atoms with Crippen LogP contribution in [-0.4, -0.2) is 16.1 Å². The molecule has 0 amide bonds. The second kappa shape index (κ2) is 5.38. The van der Waals surface area contributed by atoms with Crippen molar-refractivity contribution in [1.29, 1.82) is 0 Å². The molecule has 88 valence electrons. The van der Waals surface area contributed by atoms with Gasteiger partial charge >= 0.3 is 0 Å². The minimum atomic E-state index is 0.668. The summed E-state index contributed by atoms with van der Waals surface area (Å²) in [4.78, 5) is 4.23. The van der Waals surface area contributed by atoms with Crippen molar-refractivity contribution in [2.75, 3.05) is 11.9 Å².